The second-order valence-corrected chi connectivity index (χ2v) is 10.1. The second-order valence-electron chi connectivity index (χ2n) is 9.02. The number of aromatic nitrogens is 1. The lowest BCUT2D eigenvalue weighted by Gasteiger charge is -2.21. The number of benzene rings is 3. The number of fused-ring (bicyclic) bond motifs is 1. The number of carbonyl (C=O) groups is 1. The predicted molar refractivity (Wildman–Crippen MR) is 161 cm³/mol. The summed E-state index contributed by atoms with van der Waals surface area (Å²) in [5.74, 6) is 1.19. The van der Waals surface area contributed by atoms with Gasteiger partial charge in [-0.25, -0.2) is 4.79 Å². The van der Waals surface area contributed by atoms with Gasteiger partial charge in [0, 0.05) is 21.5 Å². The van der Waals surface area contributed by atoms with E-state index < -0.39 is 11.5 Å². The Hall–Kier alpha value is -4.96. The van der Waals surface area contributed by atoms with E-state index in [1.807, 2.05) is 23.6 Å². The molecule has 0 N–H and O–H groups in total. The number of thiophene rings is 1. The molecule has 0 aliphatic rings. The van der Waals surface area contributed by atoms with Crippen molar-refractivity contribution in [3.63, 3.8) is 0 Å². The number of hydrogen-bond acceptors (Lipinski definition) is 9. The van der Waals surface area contributed by atoms with Gasteiger partial charge >= 0.3 is 5.97 Å². The first-order valence-corrected chi connectivity index (χ1v) is 13.7. The molecule has 0 saturated carbocycles. The molecule has 0 amide bonds. The lowest BCUT2D eigenvalue weighted by Crippen LogP contribution is -2.27. The molecule has 0 fully saturated rings. The number of nitrogens with zero attached hydrogens (tertiary/aromatic N) is 1. The van der Waals surface area contributed by atoms with E-state index in [1.54, 1.807) is 59.9 Å². The summed E-state index contributed by atoms with van der Waals surface area (Å²) in [5.41, 5.74) is 0.994. The molecule has 42 heavy (non-hydrogen) atoms. The minimum Gasteiger partial charge on any atom is -0.493 e. The zero-order chi connectivity index (χ0) is 29.8. The van der Waals surface area contributed by atoms with Crippen LogP contribution in [0, 0.1) is 0 Å². The van der Waals surface area contributed by atoms with E-state index in [2.05, 4.69) is 0 Å². The summed E-state index contributed by atoms with van der Waals surface area (Å²) in [4.78, 5) is 28.8. The average Bonchev–Trinajstić information content (AvgIpc) is 3.56. The molecule has 3 aromatic carbocycles. The summed E-state index contributed by atoms with van der Waals surface area (Å²) in [6.45, 7) is 0.298. The van der Waals surface area contributed by atoms with Gasteiger partial charge in [0.05, 0.1) is 40.9 Å². The van der Waals surface area contributed by atoms with Crippen molar-refractivity contribution >= 4 is 28.1 Å². The summed E-state index contributed by atoms with van der Waals surface area (Å²) in [5, 5.41) is 2.71. The van der Waals surface area contributed by atoms with Crippen molar-refractivity contribution in [1.82, 2.24) is 4.57 Å². The predicted octanol–water partition coefficient (Wildman–Crippen LogP) is 6.12. The van der Waals surface area contributed by atoms with Crippen molar-refractivity contribution in [2.24, 2.45) is 0 Å². The van der Waals surface area contributed by atoms with Gasteiger partial charge in [0.25, 0.3) is 5.56 Å². The average molecular weight is 588 g/mol. The molecule has 0 bridgehead atoms. The number of hydrogen-bond donors (Lipinski definition) is 0. The summed E-state index contributed by atoms with van der Waals surface area (Å²) < 4.78 is 35.2. The standard InChI is InChI=1S/C32H29NO8S/c1-36-24-16-22-23(17-25(24)41-18-21-12-9-13-42-21)31(34)33(20-10-7-6-8-11-20)29(32(35)40-5)28(22)19-14-26(37-2)30(39-4)27(15-19)38-3/h6-17H,18H2,1-5H3. The maximum Gasteiger partial charge on any atom is 0.355 e. The second kappa shape index (κ2) is 12.3. The Morgan fingerprint density at radius 3 is 2.00 bits per heavy atom. The number of ether oxygens (including phenoxy) is 6. The molecule has 0 atom stereocenters. The highest BCUT2D eigenvalue weighted by atomic mass is 32.1. The van der Waals surface area contributed by atoms with E-state index in [1.165, 1.54) is 40.1 Å². The smallest absolute Gasteiger partial charge is 0.355 e. The van der Waals surface area contributed by atoms with Crippen LogP contribution in [-0.4, -0.2) is 46.1 Å². The monoisotopic (exact) mass is 587 g/mol. The summed E-state index contributed by atoms with van der Waals surface area (Å²) >= 11 is 1.56. The zero-order valence-corrected chi connectivity index (χ0v) is 24.6. The summed E-state index contributed by atoms with van der Waals surface area (Å²) in [6, 6.07) is 19.6. The fourth-order valence-corrected chi connectivity index (χ4v) is 5.47. The van der Waals surface area contributed by atoms with Crippen molar-refractivity contribution in [2.45, 2.75) is 6.61 Å². The fraction of sp³-hybridized carbons (Fsp3) is 0.188. The maximum absolute atomic E-state index is 14.3. The van der Waals surface area contributed by atoms with Crippen LogP contribution in [-0.2, 0) is 11.3 Å². The van der Waals surface area contributed by atoms with Crippen molar-refractivity contribution in [3.05, 3.63) is 93.0 Å². The number of para-hydroxylation sites is 1. The Balaban J connectivity index is 1.92. The molecule has 0 saturated heterocycles. The Bertz CT molecular complexity index is 1770. The molecule has 2 aromatic heterocycles. The highest BCUT2D eigenvalue weighted by Gasteiger charge is 2.28. The van der Waals surface area contributed by atoms with Crippen molar-refractivity contribution in [3.8, 4) is 45.6 Å². The van der Waals surface area contributed by atoms with Crippen LogP contribution >= 0.6 is 11.3 Å². The first-order chi connectivity index (χ1) is 20.4. The SMILES string of the molecule is COC(=O)c1c(-c2cc(OC)c(OC)c(OC)c2)c2cc(OC)c(OCc3cccs3)cc2c(=O)n1-c1ccccc1. The minimum absolute atomic E-state index is 0.0183. The topological polar surface area (TPSA) is 94.5 Å². The van der Waals surface area contributed by atoms with Gasteiger partial charge in [-0.3, -0.25) is 9.36 Å². The minimum atomic E-state index is -0.710. The van der Waals surface area contributed by atoms with Crippen LogP contribution in [0.3, 0.4) is 0 Å². The van der Waals surface area contributed by atoms with E-state index in [4.69, 9.17) is 28.4 Å². The fourth-order valence-electron chi connectivity index (χ4n) is 4.85. The van der Waals surface area contributed by atoms with Crippen LogP contribution in [0.5, 0.6) is 28.7 Å². The lowest BCUT2D eigenvalue weighted by atomic mass is 9.95. The number of methoxy groups -OCH3 is 5. The van der Waals surface area contributed by atoms with Crippen LogP contribution < -0.4 is 29.2 Å². The summed E-state index contributed by atoms with van der Waals surface area (Å²) in [6.07, 6.45) is 0. The van der Waals surface area contributed by atoms with Crippen LogP contribution in [0.1, 0.15) is 15.4 Å². The molecule has 9 nitrogen and oxygen atoms in total. The molecular formula is C32H29NO8S. The highest BCUT2D eigenvalue weighted by Crippen LogP contribution is 2.45. The van der Waals surface area contributed by atoms with Crippen molar-refractivity contribution < 1.29 is 33.2 Å². The maximum atomic E-state index is 14.3. The Kier molecular flexibility index (Phi) is 8.35. The van der Waals surface area contributed by atoms with Gasteiger partial charge in [0.1, 0.15) is 12.3 Å². The molecule has 216 valence electrons. The quantitative estimate of drug-likeness (QED) is 0.181. The number of carbonyl (C=O) groups excluding carboxylic acids is 1. The zero-order valence-electron chi connectivity index (χ0n) is 23.8. The molecule has 0 radical (unpaired) electrons. The highest BCUT2D eigenvalue weighted by molar-refractivity contribution is 7.09. The number of pyridine rings is 1. The number of esters is 1. The first-order valence-electron chi connectivity index (χ1n) is 12.9. The number of rotatable bonds is 10. The Labute approximate surface area is 246 Å². The molecular weight excluding hydrogens is 558 g/mol. The third-order valence-corrected chi connectivity index (χ3v) is 7.61. The molecule has 0 spiro atoms. The molecule has 0 unspecified atom stereocenters. The molecule has 2 heterocycles. The largest absolute Gasteiger partial charge is 0.493 e. The molecule has 5 aromatic rings. The van der Waals surface area contributed by atoms with E-state index in [-0.39, 0.29) is 5.69 Å². The molecule has 5 rings (SSSR count). The van der Waals surface area contributed by atoms with Gasteiger partial charge in [0.15, 0.2) is 23.0 Å². The van der Waals surface area contributed by atoms with E-state index in [0.29, 0.717) is 62.9 Å². The van der Waals surface area contributed by atoms with Gasteiger partial charge in [-0.05, 0) is 53.4 Å². The van der Waals surface area contributed by atoms with Crippen LogP contribution in [0.4, 0.5) is 0 Å². The normalized spacial score (nSPS) is 10.8. The Morgan fingerprint density at radius 2 is 1.43 bits per heavy atom. The molecule has 0 aliphatic heterocycles. The van der Waals surface area contributed by atoms with Crippen LogP contribution in [0.25, 0.3) is 27.6 Å². The van der Waals surface area contributed by atoms with Gasteiger partial charge in [-0.15, -0.1) is 11.3 Å². The van der Waals surface area contributed by atoms with Gasteiger partial charge < -0.3 is 28.4 Å². The third-order valence-electron chi connectivity index (χ3n) is 6.76. The first kappa shape index (κ1) is 28.6. The van der Waals surface area contributed by atoms with Gasteiger partial charge in [-0.2, -0.15) is 0 Å². The van der Waals surface area contributed by atoms with E-state index in [0.717, 1.165) is 4.88 Å². The van der Waals surface area contributed by atoms with E-state index >= 15 is 0 Å². The Morgan fingerprint density at radius 1 is 0.762 bits per heavy atom. The van der Waals surface area contributed by atoms with E-state index in [9.17, 15) is 9.59 Å². The van der Waals surface area contributed by atoms with Crippen LogP contribution in [0.15, 0.2) is 76.9 Å². The van der Waals surface area contributed by atoms with Gasteiger partial charge in [0.2, 0.25) is 5.75 Å². The van der Waals surface area contributed by atoms with Crippen molar-refractivity contribution in [2.75, 3.05) is 35.5 Å². The summed E-state index contributed by atoms with van der Waals surface area (Å²) in [7, 11) is 7.31. The third kappa shape index (κ3) is 5.12. The van der Waals surface area contributed by atoms with Gasteiger partial charge in [-0.1, -0.05) is 24.3 Å². The lowest BCUT2D eigenvalue weighted by molar-refractivity contribution is 0.0591. The van der Waals surface area contributed by atoms with Crippen molar-refractivity contribution in [1.29, 1.82) is 0 Å². The molecule has 10 heteroatoms. The molecule has 0 aliphatic carbocycles. The van der Waals surface area contributed by atoms with Crippen LogP contribution in [0.2, 0.25) is 0 Å².